The maximum absolute atomic E-state index is 13.6. The van der Waals surface area contributed by atoms with Gasteiger partial charge in [-0.1, -0.05) is 6.92 Å². The van der Waals surface area contributed by atoms with Crippen molar-refractivity contribution >= 4 is 16.6 Å². The summed E-state index contributed by atoms with van der Waals surface area (Å²) < 4.78 is 52.2. The number of anilines is 1. The molecule has 1 aromatic heterocycles. The lowest BCUT2D eigenvalue weighted by atomic mass is 10.1. The van der Waals surface area contributed by atoms with Gasteiger partial charge in [0.15, 0.2) is 11.6 Å². The van der Waals surface area contributed by atoms with E-state index in [2.05, 4.69) is 10.3 Å². The molecule has 0 atom stereocenters. The summed E-state index contributed by atoms with van der Waals surface area (Å²) in [7, 11) is 0. The van der Waals surface area contributed by atoms with Gasteiger partial charge in [-0.2, -0.15) is 0 Å². The standard InChI is InChI=1S/C13H12F4N2/c1-2-5-18-9-6-10(13(16)17)19-12-7(9)3-4-8(14)11(12)15/h3-4,6,13H,2,5H2,1H3,(H,18,19). The zero-order valence-electron chi connectivity index (χ0n) is 10.2. The van der Waals surface area contributed by atoms with Crippen LogP contribution >= 0.6 is 0 Å². The van der Waals surface area contributed by atoms with Crippen LogP contribution in [0, 0.1) is 11.6 Å². The van der Waals surface area contributed by atoms with E-state index in [1.54, 1.807) is 0 Å². The lowest BCUT2D eigenvalue weighted by Crippen LogP contribution is -2.04. The summed E-state index contributed by atoms with van der Waals surface area (Å²) in [6.45, 7) is 2.45. The second kappa shape index (κ2) is 5.42. The van der Waals surface area contributed by atoms with Gasteiger partial charge in [0.25, 0.3) is 6.43 Å². The quantitative estimate of drug-likeness (QED) is 0.840. The van der Waals surface area contributed by atoms with Crippen LogP contribution in [0.25, 0.3) is 10.9 Å². The third-order valence-electron chi connectivity index (χ3n) is 2.68. The normalized spacial score (nSPS) is 11.3. The number of hydrogen-bond donors (Lipinski definition) is 1. The molecule has 1 N–H and O–H groups in total. The summed E-state index contributed by atoms with van der Waals surface area (Å²) in [6.07, 6.45) is -2.06. The largest absolute Gasteiger partial charge is 0.384 e. The van der Waals surface area contributed by atoms with Crippen molar-refractivity contribution in [3.8, 4) is 0 Å². The monoisotopic (exact) mass is 272 g/mol. The van der Waals surface area contributed by atoms with Crippen molar-refractivity contribution in [2.24, 2.45) is 0 Å². The van der Waals surface area contributed by atoms with E-state index >= 15 is 0 Å². The van der Waals surface area contributed by atoms with Crippen molar-refractivity contribution in [2.75, 3.05) is 11.9 Å². The van der Waals surface area contributed by atoms with Crippen LogP contribution in [0.2, 0.25) is 0 Å². The second-order valence-electron chi connectivity index (χ2n) is 4.08. The van der Waals surface area contributed by atoms with E-state index in [4.69, 9.17) is 0 Å². The van der Waals surface area contributed by atoms with E-state index in [9.17, 15) is 17.6 Å². The first-order valence-electron chi connectivity index (χ1n) is 5.85. The van der Waals surface area contributed by atoms with Crippen molar-refractivity contribution < 1.29 is 17.6 Å². The molecule has 0 aliphatic carbocycles. The van der Waals surface area contributed by atoms with Gasteiger partial charge in [0.2, 0.25) is 0 Å². The highest BCUT2D eigenvalue weighted by Gasteiger charge is 2.17. The molecule has 2 rings (SSSR count). The molecule has 2 nitrogen and oxygen atoms in total. The minimum Gasteiger partial charge on any atom is -0.384 e. The van der Waals surface area contributed by atoms with Crippen LogP contribution in [0.1, 0.15) is 25.5 Å². The van der Waals surface area contributed by atoms with Crippen LogP contribution in [-0.2, 0) is 0 Å². The van der Waals surface area contributed by atoms with Crippen LogP contribution < -0.4 is 5.32 Å². The zero-order chi connectivity index (χ0) is 14.0. The predicted molar refractivity (Wildman–Crippen MR) is 65.4 cm³/mol. The number of rotatable bonds is 4. The minimum atomic E-state index is -2.84. The first-order valence-corrected chi connectivity index (χ1v) is 5.85. The second-order valence-corrected chi connectivity index (χ2v) is 4.08. The number of hydrogen-bond acceptors (Lipinski definition) is 2. The van der Waals surface area contributed by atoms with Gasteiger partial charge in [-0.25, -0.2) is 22.5 Å². The summed E-state index contributed by atoms with van der Waals surface area (Å²) in [5.74, 6) is -2.31. The van der Waals surface area contributed by atoms with Crippen molar-refractivity contribution in [1.29, 1.82) is 0 Å². The molecule has 19 heavy (non-hydrogen) atoms. The Kier molecular flexibility index (Phi) is 3.87. The van der Waals surface area contributed by atoms with E-state index in [-0.39, 0.29) is 10.9 Å². The lowest BCUT2D eigenvalue weighted by molar-refractivity contribution is 0.146. The number of alkyl halides is 2. The van der Waals surface area contributed by atoms with E-state index < -0.39 is 23.8 Å². The predicted octanol–water partition coefficient (Wildman–Crippen LogP) is 4.27. The highest BCUT2D eigenvalue weighted by Crippen LogP contribution is 2.30. The van der Waals surface area contributed by atoms with Gasteiger partial charge in [0, 0.05) is 17.6 Å². The fourth-order valence-electron chi connectivity index (χ4n) is 1.77. The molecular formula is C13H12F4N2. The smallest absolute Gasteiger partial charge is 0.280 e. The molecule has 0 fully saturated rings. The van der Waals surface area contributed by atoms with E-state index in [0.29, 0.717) is 12.2 Å². The third-order valence-corrected chi connectivity index (χ3v) is 2.68. The maximum atomic E-state index is 13.6. The highest BCUT2D eigenvalue weighted by molar-refractivity contribution is 5.91. The third kappa shape index (κ3) is 2.62. The molecule has 1 aromatic carbocycles. The van der Waals surface area contributed by atoms with Crippen LogP contribution in [0.5, 0.6) is 0 Å². The average Bonchev–Trinajstić information content (AvgIpc) is 2.40. The number of nitrogens with zero attached hydrogens (tertiary/aromatic N) is 1. The lowest BCUT2D eigenvalue weighted by Gasteiger charge is -2.11. The number of aromatic nitrogens is 1. The van der Waals surface area contributed by atoms with Gasteiger partial charge < -0.3 is 5.32 Å². The molecule has 0 bridgehead atoms. The Bertz CT molecular complexity index is 599. The zero-order valence-corrected chi connectivity index (χ0v) is 10.2. The Morgan fingerprint density at radius 2 is 2.00 bits per heavy atom. The molecule has 0 aliphatic heterocycles. The molecule has 6 heteroatoms. The summed E-state index contributed by atoms with van der Waals surface area (Å²) in [5, 5.41) is 3.21. The van der Waals surface area contributed by atoms with Gasteiger partial charge in [-0.3, -0.25) is 0 Å². The van der Waals surface area contributed by atoms with Gasteiger partial charge in [-0.15, -0.1) is 0 Å². The fraction of sp³-hybridized carbons (Fsp3) is 0.308. The summed E-state index contributed by atoms with van der Waals surface area (Å²) in [5.41, 5.74) is -0.618. The van der Waals surface area contributed by atoms with Gasteiger partial charge in [0.1, 0.15) is 11.2 Å². The summed E-state index contributed by atoms with van der Waals surface area (Å²) >= 11 is 0. The van der Waals surface area contributed by atoms with Crippen LogP contribution in [0.3, 0.4) is 0 Å². The Hall–Kier alpha value is -1.85. The Labute approximate surface area is 107 Å². The summed E-state index contributed by atoms with van der Waals surface area (Å²) in [6, 6.07) is 3.45. The molecule has 1 heterocycles. The molecule has 0 saturated heterocycles. The van der Waals surface area contributed by atoms with Crippen molar-refractivity contribution in [3.05, 3.63) is 35.5 Å². The number of benzene rings is 1. The summed E-state index contributed by atoms with van der Waals surface area (Å²) in [4.78, 5) is 3.50. The molecule has 0 unspecified atom stereocenters. The van der Waals surface area contributed by atoms with E-state index in [0.717, 1.165) is 12.5 Å². The number of halogens is 4. The molecule has 0 radical (unpaired) electrons. The topological polar surface area (TPSA) is 24.9 Å². The van der Waals surface area contributed by atoms with Gasteiger partial charge in [0.05, 0.1) is 0 Å². The first kappa shape index (κ1) is 13.6. The molecular weight excluding hydrogens is 260 g/mol. The van der Waals surface area contributed by atoms with Gasteiger partial charge >= 0.3 is 0 Å². The van der Waals surface area contributed by atoms with Crippen LogP contribution in [0.4, 0.5) is 23.2 Å². The molecule has 0 spiro atoms. The average molecular weight is 272 g/mol. The number of nitrogens with one attached hydrogen (secondary N) is 1. The Balaban J connectivity index is 2.67. The maximum Gasteiger partial charge on any atom is 0.280 e. The molecule has 102 valence electrons. The Morgan fingerprint density at radius 3 is 2.63 bits per heavy atom. The SMILES string of the molecule is CCCNc1cc(C(F)F)nc2c(F)c(F)ccc12. The molecule has 0 saturated carbocycles. The molecule has 2 aromatic rings. The minimum absolute atomic E-state index is 0.289. The Morgan fingerprint density at radius 1 is 1.26 bits per heavy atom. The van der Waals surface area contributed by atoms with Crippen LogP contribution in [0.15, 0.2) is 18.2 Å². The fourth-order valence-corrected chi connectivity index (χ4v) is 1.77. The van der Waals surface area contributed by atoms with E-state index in [1.807, 2.05) is 6.92 Å². The van der Waals surface area contributed by atoms with Crippen molar-refractivity contribution in [2.45, 2.75) is 19.8 Å². The van der Waals surface area contributed by atoms with Crippen molar-refractivity contribution in [1.82, 2.24) is 4.98 Å². The van der Waals surface area contributed by atoms with Gasteiger partial charge in [-0.05, 0) is 24.6 Å². The molecule has 0 aliphatic rings. The van der Waals surface area contributed by atoms with Crippen molar-refractivity contribution in [3.63, 3.8) is 0 Å². The van der Waals surface area contributed by atoms with E-state index in [1.165, 1.54) is 12.1 Å². The first-order chi connectivity index (χ1) is 9.04. The number of fused-ring (bicyclic) bond motifs is 1. The number of pyridine rings is 1. The highest BCUT2D eigenvalue weighted by atomic mass is 19.3. The van der Waals surface area contributed by atoms with Crippen LogP contribution in [-0.4, -0.2) is 11.5 Å². The molecule has 0 amide bonds.